The topological polar surface area (TPSA) is 3.24 Å². The van der Waals surface area contributed by atoms with Crippen LogP contribution in [0.4, 0.5) is 0 Å². The molecule has 0 amide bonds. The van der Waals surface area contributed by atoms with Crippen molar-refractivity contribution in [3.05, 3.63) is 83.9 Å². The van der Waals surface area contributed by atoms with Gasteiger partial charge in [-0.15, -0.1) is 0 Å². The van der Waals surface area contributed by atoms with Crippen molar-refractivity contribution < 1.29 is 0 Å². The first-order chi connectivity index (χ1) is 10.2. The van der Waals surface area contributed by atoms with Gasteiger partial charge in [-0.1, -0.05) is 72.8 Å². The van der Waals surface area contributed by atoms with Gasteiger partial charge in [0.2, 0.25) is 0 Å². The number of benzene rings is 2. The predicted molar refractivity (Wildman–Crippen MR) is 91.7 cm³/mol. The number of likely N-dealkylation sites (N-methyl/N-ethyl adjacent to an activating group) is 1. The molecule has 1 nitrogen and oxygen atoms in total. The standard InChI is InChI=1S/C20H25N/c1-17(2)16-21(3)15-14-20(18-10-6-4-7-11-18)19-12-8-5-9-13-19/h4-13,20H,1,14-16H2,2-3H3. The summed E-state index contributed by atoms with van der Waals surface area (Å²) in [6.07, 6.45) is 1.12. The van der Waals surface area contributed by atoms with E-state index in [1.54, 1.807) is 0 Å². The molecule has 2 aromatic carbocycles. The van der Waals surface area contributed by atoms with Crippen LogP contribution in [0.15, 0.2) is 72.8 Å². The second-order valence-corrected chi connectivity index (χ2v) is 5.86. The molecule has 0 aliphatic carbocycles. The Hall–Kier alpha value is -1.86. The van der Waals surface area contributed by atoms with Crippen molar-refractivity contribution in [1.29, 1.82) is 0 Å². The van der Waals surface area contributed by atoms with E-state index in [1.165, 1.54) is 16.7 Å². The summed E-state index contributed by atoms with van der Waals surface area (Å²) in [6.45, 7) is 8.12. The normalized spacial score (nSPS) is 11.0. The van der Waals surface area contributed by atoms with Crippen LogP contribution in [0.1, 0.15) is 30.4 Å². The van der Waals surface area contributed by atoms with Gasteiger partial charge < -0.3 is 4.90 Å². The third-order valence-electron chi connectivity index (χ3n) is 3.74. The Kier molecular flexibility index (Phi) is 5.77. The van der Waals surface area contributed by atoms with Crippen molar-refractivity contribution in [3.8, 4) is 0 Å². The van der Waals surface area contributed by atoms with Gasteiger partial charge in [-0.3, -0.25) is 0 Å². The van der Waals surface area contributed by atoms with Crippen LogP contribution in [-0.4, -0.2) is 25.0 Å². The maximum Gasteiger partial charge on any atom is 0.0184 e. The van der Waals surface area contributed by atoms with Crippen LogP contribution < -0.4 is 0 Å². The average Bonchev–Trinajstić information content (AvgIpc) is 2.49. The highest BCUT2D eigenvalue weighted by Crippen LogP contribution is 2.27. The second-order valence-electron chi connectivity index (χ2n) is 5.86. The summed E-state index contributed by atoms with van der Waals surface area (Å²) in [5.41, 5.74) is 4.01. The van der Waals surface area contributed by atoms with E-state index in [-0.39, 0.29) is 0 Å². The summed E-state index contributed by atoms with van der Waals surface area (Å²) >= 11 is 0. The lowest BCUT2D eigenvalue weighted by molar-refractivity contribution is 0.349. The molecule has 1 heteroatoms. The number of rotatable bonds is 7. The molecule has 0 radical (unpaired) electrons. The molecule has 0 N–H and O–H groups in total. The fourth-order valence-corrected chi connectivity index (χ4v) is 2.79. The second kappa shape index (κ2) is 7.80. The summed E-state index contributed by atoms with van der Waals surface area (Å²) < 4.78 is 0. The molecular weight excluding hydrogens is 254 g/mol. The van der Waals surface area contributed by atoms with Crippen molar-refractivity contribution in [1.82, 2.24) is 4.90 Å². The zero-order chi connectivity index (χ0) is 15.1. The third-order valence-corrected chi connectivity index (χ3v) is 3.74. The van der Waals surface area contributed by atoms with Crippen LogP contribution >= 0.6 is 0 Å². The summed E-state index contributed by atoms with van der Waals surface area (Å²) in [5.74, 6) is 0.458. The van der Waals surface area contributed by atoms with E-state index in [2.05, 4.69) is 86.1 Å². The Morgan fingerprint density at radius 2 is 1.43 bits per heavy atom. The van der Waals surface area contributed by atoms with Gasteiger partial charge in [0.25, 0.3) is 0 Å². The molecule has 0 fully saturated rings. The van der Waals surface area contributed by atoms with Gasteiger partial charge >= 0.3 is 0 Å². The molecule has 0 aromatic heterocycles. The van der Waals surface area contributed by atoms with Gasteiger partial charge in [0.05, 0.1) is 0 Å². The summed E-state index contributed by atoms with van der Waals surface area (Å²) in [7, 11) is 2.17. The Balaban J connectivity index is 2.12. The lowest BCUT2D eigenvalue weighted by Crippen LogP contribution is -2.23. The fraction of sp³-hybridized carbons (Fsp3) is 0.300. The smallest absolute Gasteiger partial charge is 0.0184 e. The van der Waals surface area contributed by atoms with Crippen molar-refractivity contribution in [3.63, 3.8) is 0 Å². The molecular formula is C20H25N. The van der Waals surface area contributed by atoms with Gasteiger partial charge in [-0.2, -0.15) is 0 Å². The maximum absolute atomic E-state index is 4.00. The molecule has 110 valence electrons. The lowest BCUT2D eigenvalue weighted by atomic mass is 9.88. The van der Waals surface area contributed by atoms with E-state index < -0.39 is 0 Å². The van der Waals surface area contributed by atoms with Crippen LogP contribution in [0.25, 0.3) is 0 Å². The molecule has 0 bridgehead atoms. The van der Waals surface area contributed by atoms with Crippen molar-refractivity contribution in [2.24, 2.45) is 0 Å². The van der Waals surface area contributed by atoms with Gasteiger partial charge in [0.15, 0.2) is 0 Å². The Morgan fingerprint density at radius 1 is 0.952 bits per heavy atom. The number of hydrogen-bond acceptors (Lipinski definition) is 1. The van der Waals surface area contributed by atoms with Gasteiger partial charge in [-0.05, 0) is 38.1 Å². The van der Waals surface area contributed by atoms with Crippen molar-refractivity contribution >= 4 is 0 Å². The minimum Gasteiger partial charge on any atom is -0.302 e. The van der Waals surface area contributed by atoms with Crippen LogP contribution in [0.5, 0.6) is 0 Å². The largest absolute Gasteiger partial charge is 0.302 e. The predicted octanol–water partition coefficient (Wildman–Crippen LogP) is 4.72. The SMILES string of the molecule is C=C(C)CN(C)CCC(c1ccccc1)c1ccccc1. The van der Waals surface area contributed by atoms with E-state index >= 15 is 0 Å². The van der Waals surface area contributed by atoms with Crippen LogP contribution in [0, 0.1) is 0 Å². The zero-order valence-corrected chi connectivity index (χ0v) is 13.1. The molecule has 2 aromatic rings. The van der Waals surface area contributed by atoms with Crippen LogP contribution in [0.3, 0.4) is 0 Å². The third kappa shape index (κ3) is 4.87. The molecule has 0 unspecified atom stereocenters. The highest BCUT2D eigenvalue weighted by atomic mass is 15.1. The molecule has 2 rings (SSSR count). The Bertz CT molecular complexity index is 505. The zero-order valence-electron chi connectivity index (χ0n) is 13.1. The Labute approximate surface area is 128 Å². The highest BCUT2D eigenvalue weighted by molar-refractivity contribution is 5.32. The van der Waals surface area contributed by atoms with E-state index in [1.807, 2.05) is 0 Å². The minimum absolute atomic E-state index is 0.458. The maximum atomic E-state index is 4.00. The van der Waals surface area contributed by atoms with Gasteiger partial charge in [0, 0.05) is 12.5 Å². The van der Waals surface area contributed by atoms with E-state index in [0.717, 1.165) is 19.5 Å². The van der Waals surface area contributed by atoms with Crippen molar-refractivity contribution in [2.45, 2.75) is 19.3 Å². The molecule has 0 saturated heterocycles. The molecule has 0 spiro atoms. The molecule has 0 heterocycles. The van der Waals surface area contributed by atoms with Gasteiger partial charge in [0.1, 0.15) is 0 Å². The minimum atomic E-state index is 0.458. The summed E-state index contributed by atoms with van der Waals surface area (Å²) in [6, 6.07) is 21.6. The Morgan fingerprint density at radius 3 is 1.86 bits per heavy atom. The summed E-state index contributed by atoms with van der Waals surface area (Å²) in [5, 5.41) is 0. The van der Waals surface area contributed by atoms with Crippen molar-refractivity contribution in [2.75, 3.05) is 20.1 Å². The number of nitrogens with zero attached hydrogens (tertiary/aromatic N) is 1. The highest BCUT2D eigenvalue weighted by Gasteiger charge is 2.14. The quantitative estimate of drug-likeness (QED) is 0.663. The molecule has 0 aliphatic rings. The first-order valence-electron chi connectivity index (χ1n) is 7.59. The fourth-order valence-electron chi connectivity index (χ4n) is 2.79. The van der Waals surface area contributed by atoms with Gasteiger partial charge in [-0.25, -0.2) is 0 Å². The molecule has 0 saturated carbocycles. The first kappa shape index (κ1) is 15.5. The van der Waals surface area contributed by atoms with E-state index in [4.69, 9.17) is 0 Å². The number of hydrogen-bond donors (Lipinski definition) is 0. The van der Waals surface area contributed by atoms with Crippen LogP contribution in [0.2, 0.25) is 0 Å². The lowest BCUT2D eigenvalue weighted by Gasteiger charge is -2.22. The van der Waals surface area contributed by atoms with Crippen LogP contribution in [-0.2, 0) is 0 Å². The average molecular weight is 279 g/mol. The van der Waals surface area contributed by atoms with E-state index in [9.17, 15) is 0 Å². The summed E-state index contributed by atoms with van der Waals surface area (Å²) in [4.78, 5) is 2.35. The molecule has 0 atom stereocenters. The van der Waals surface area contributed by atoms with E-state index in [0.29, 0.717) is 5.92 Å². The monoisotopic (exact) mass is 279 g/mol. The first-order valence-corrected chi connectivity index (χ1v) is 7.59. The molecule has 21 heavy (non-hydrogen) atoms. The molecule has 0 aliphatic heterocycles.